The van der Waals surface area contributed by atoms with E-state index in [-0.39, 0.29) is 6.10 Å². The van der Waals surface area contributed by atoms with Crippen LogP contribution in [0.1, 0.15) is 38.1 Å². The molecule has 2 rings (SSSR count). The quantitative estimate of drug-likeness (QED) is 0.912. The maximum absolute atomic E-state index is 9.71. The molecule has 2 heterocycles. The highest BCUT2D eigenvalue weighted by atomic mass is 35.5. The molecule has 0 aromatic carbocycles. The van der Waals surface area contributed by atoms with Crippen LogP contribution in [0.2, 0.25) is 5.02 Å². The van der Waals surface area contributed by atoms with E-state index in [0.29, 0.717) is 0 Å². The van der Waals surface area contributed by atoms with Crippen molar-refractivity contribution in [2.24, 2.45) is 0 Å². The van der Waals surface area contributed by atoms with E-state index in [1.165, 1.54) is 0 Å². The number of aromatic nitrogens is 2. The van der Waals surface area contributed by atoms with Crippen molar-refractivity contribution in [3.63, 3.8) is 0 Å². The summed E-state index contributed by atoms with van der Waals surface area (Å²) in [5, 5.41) is 15.0. The second-order valence-electron chi connectivity index (χ2n) is 4.91. The van der Waals surface area contributed by atoms with Crippen molar-refractivity contribution in [3.8, 4) is 0 Å². The van der Waals surface area contributed by atoms with Gasteiger partial charge in [-0.3, -0.25) is 9.58 Å². The number of hydrogen-bond acceptors (Lipinski definition) is 3. The molecule has 1 aromatic heterocycles. The molecule has 102 valence electrons. The van der Waals surface area contributed by atoms with Gasteiger partial charge in [-0.05, 0) is 32.7 Å². The Labute approximate surface area is 114 Å². The summed E-state index contributed by atoms with van der Waals surface area (Å²) in [5.41, 5.74) is 2.07. The van der Waals surface area contributed by atoms with E-state index in [1.807, 2.05) is 4.68 Å². The van der Waals surface area contributed by atoms with Crippen molar-refractivity contribution < 1.29 is 5.11 Å². The van der Waals surface area contributed by atoms with Crippen LogP contribution in [0.3, 0.4) is 0 Å². The van der Waals surface area contributed by atoms with Gasteiger partial charge < -0.3 is 5.11 Å². The fraction of sp³-hybridized carbons (Fsp3) is 0.769. The number of aryl methyl sites for hydroxylation is 2. The molecule has 0 bridgehead atoms. The normalized spacial score (nSPS) is 21.4. The van der Waals surface area contributed by atoms with Gasteiger partial charge in [-0.25, -0.2) is 0 Å². The molecule has 0 saturated carbocycles. The van der Waals surface area contributed by atoms with Crippen molar-refractivity contribution in [2.75, 3.05) is 13.1 Å². The van der Waals surface area contributed by atoms with E-state index in [2.05, 4.69) is 23.8 Å². The zero-order valence-electron chi connectivity index (χ0n) is 11.2. The van der Waals surface area contributed by atoms with Crippen LogP contribution < -0.4 is 0 Å². The van der Waals surface area contributed by atoms with E-state index >= 15 is 0 Å². The number of rotatable bonds is 4. The molecule has 1 aliphatic rings. The fourth-order valence-corrected chi connectivity index (χ4v) is 2.88. The number of nitrogens with zero attached hydrogens (tertiary/aromatic N) is 3. The molecule has 4 nitrogen and oxygen atoms in total. The van der Waals surface area contributed by atoms with Gasteiger partial charge in [0.05, 0.1) is 22.5 Å². The molecular formula is C13H22ClN3O. The van der Waals surface area contributed by atoms with Crippen molar-refractivity contribution in [2.45, 2.75) is 52.3 Å². The summed E-state index contributed by atoms with van der Waals surface area (Å²) in [6.45, 7) is 7.55. The lowest BCUT2D eigenvalue weighted by Crippen LogP contribution is -2.38. The van der Waals surface area contributed by atoms with Gasteiger partial charge in [0.1, 0.15) is 0 Å². The topological polar surface area (TPSA) is 41.3 Å². The molecule has 0 spiro atoms. The van der Waals surface area contributed by atoms with Crippen molar-refractivity contribution in [1.82, 2.24) is 14.7 Å². The molecule has 0 radical (unpaired) electrons. The minimum atomic E-state index is -0.193. The van der Waals surface area contributed by atoms with Gasteiger partial charge in [-0.15, -0.1) is 0 Å². The van der Waals surface area contributed by atoms with Gasteiger partial charge in [-0.2, -0.15) is 5.10 Å². The molecular weight excluding hydrogens is 250 g/mol. The second kappa shape index (κ2) is 6.04. The van der Waals surface area contributed by atoms with Crippen molar-refractivity contribution >= 4 is 11.6 Å². The summed E-state index contributed by atoms with van der Waals surface area (Å²) in [6, 6.07) is 0. The molecule has 1 aromatic rings. The number of β-amino-alcohol motifs (C(OH)–C–C–N with tert-alkyl or cyclic N) is 1. The van der Waals surface area contributed by atoms with Crippen LogP contribution in [-0.4, -0.2) is 39.0 Å². The Hall–Kier alpha value is -0.580. The average molecular weight is 272 g/mol. The van der Waals surface area contributed by atoms with Crippen LogP contribution in [0, 0.1) is 0 Å². The highest BCUT2D eigenvalue weighted by molar-refractivity contribution is 6.31. The van der Waals surface area contributed by atoms with Crippen LogP contribution in [-0.2, 0) is 19.5 Å². The predicted molar refractivity (Wildman–Crippen MR) is 72.8 cm³/mol. The first kappa shape index (κ1) is 13.8. The maximum Gasteiger partial charge on any atom is 0.0863 e. The van der Waals surface area contributed by atoms with Gasteiger partial charge >= 0.3 is 0 Å². The van der Waals surface area contributed by atoms with Crippen LogP contribution in [0.4, 0.5) is 0 Å². The number of halogens is 1. The Morgan fingerprint density at radius 2 is 2.22 bits per heavy atom. The molecule has 1 unspecified atom stereocenters. The third-order valence-electron chi connectivity index (χ3n) is 3.55. The van der Waals surface area contributed by atoms with Crippen molar-refractivity contribution in [3.05, 3.63) is 16.4 Å². The summed E-state index contributed by atoms with van der Waals surface area (Å²) in [7, 11) is 0. The Kier molecular flexibility index (Phi) is 4.65. The molecule has 1 fully saturated rings. The minimum Gasteiger partial charge on any atom is -0.392 e. The number of likely N-dealkylation sites (tertiary alicyclic amines) is 1. The summed E-state index contributed by atoms with van der Waals surface area (Å²) in [6.07, 6.45) is 2.64. The summed E-state index contributed by atoms with van der Waals surface area (Å²) in [4.78, 5) is 2.27. The number of aliphatic hydroxyl groups excluding tert-OH is 1. The lowest BCUT2D eigenvalue weighted by Gasteiger charge is -2.30. The minimum absolute atomic E-state index is 0.193. The van der Waals surface area contributed by atoms with E-state index in [1.54, 1.807) is 0 Å². The maximum atomic E-state index is 9.71. The largest absolute Gasteiger partial charge is 0.392 e. The fourth-order valence-electron chi connectivity index (χ4n) is 2.55. The van der Waals surface area contributed by atoms with Gasteiger partial charge in [0.15, 0.2) is 0 Å². The Balaban J connectivity index is 2.14. The van der Waals surface area contributed by atoms with Gasteiger partial charge in [0.2, 0.25) is 0 Å². The average Bonchev–Trinajstić information content (AvgIpc) is 2.66. The standard InChI is InChI=1S/C13H22ClN3O/c1-3-11-13(14)12(17(4-2)15-11)9-16-7-5-6-10(18)8-16/h10,18H,3-9H2,1-2H3. The molecule has 0 amide bonds. The first-order valence-electron chi connectivity index (χ1n) is 6.80. The summed E-state index contributed by atoms with van der Waals surface area (Å²) in [5.74, 6) is 0. The number of piperidine rings is 1. The smallest absolute Gasteiger partial charge is 0.0863 e. The zero-order valence-corrected chi connectivity index (χ0v) is 11.9. The molecule has 1 atom stereocenters. The SMILES string of the molecule is CCc1nn(CC)c(CN2CCCC(O)C2)c1Cl. The molecule has 5 heteroatoms. The van der Waals surface area contributed by atoms with Crippen molar-refractivity contribution in [1.29, 1.82) is 0 Å². The molecule has 1 N–H and O–H groups in total. The second-order valence-corrected chi connectivity index (χ2v) is 5.29. The third-order valence-corrected chi connectivity index (χ3v) is 3.98. The highest BCUT2D eigenvalue weighted by Crippen LogP contribution is 2.24. The third kappa shape index (κ3) is 2.87. The van der Waals surface area contributed by atoms with E-state index in [4.69, 9.17) is 11.6 Å². The number of aliphatic hydroxyl groups is 1. The Morgan fingerprint density at radius 3 is 2.83 bits per heavy atom. The van der Waals surface area contributed by atoms with Crippen LogP contribution in [0.15, 0.2) is 0 Å². The molecule has 1 saturated heterocycles. The lowest BCUT2D eigenvalue weighted by molar-refractivity contribution is 0.0655. The lowest BCUT2D eigenvalue weighted by atomic mass is 10.1. The first-order valence-corrected chi connectivity index (χ1v) is 7.18. The summed E-state index contributed by atoms with van der Waals surface area (Å²) < 4.78 is 1.99. The van der Waals surface area contributed by atoms with Gasteiger partial charge in [0, 0.05) is 19.6 Å². The predicted octanol–water partition coefficient (Wildman–Crippen LogP) is 2.08. The number of hydrogen-bond donors (Lipinski definition) is 1. The molecule has 18 heavy (non-hydrogen) atoms. The Morgan fingerprint density at radius 1 is 1.44 bits per heavy atom. The van der Waals surface area contributed by atoms with Gasteiger partial charge in [0.25, 0.3) is 0 Å². The van der Waals surface area contributed by atoms with Crippen LogP contribution in [0.5, 0.6) is 0 Å². The van der Waals surface area contributed by atoms with E-state index in [0.717, 1.165) is 61.9 Å². The van der Waals surface area contributed by atoms with Crippen LogP contribution >= 0.6 is 11.6 Å². The monoisotopic (exact) mass is 271 g/mol. The van der Waals surface area contributed by atoms with E-state index < -0.39 is 0 Å². The first-order chi connectivity index (χ1) is 8.65. The zero-order chi connectivity index (χ0) is 13.1. The van der Waals surface area contributed by atoms with Crippen LogP contribution in [0.25, 0.3) is 0 Å². The van der Waals surface area contributed by atoms with E-state index in [9.17, 15) is 5.11 Å². The summed E-state index contributed by atoms with van der Waals surface area (Å²) >= 11 is 6.39. The molecule has 1 aliphatic heterocycles. The molecule has 0 aliphatic carbocycles. The van der Waals surface area contributed by atoms with Gasteiger partial charge in [-0.1, -0.05) is 18.5 Å². The highest BCUT2D eigenvalue weighted by Gasteiger charge is 2.21. The Bertz CT molecular complexity index is 405.